The largest absolute Gasteiger partial charge is 0.390 e. The summed E-state index contributed by atoms with van der Waals surface area (Å²) in [6, 6.07) is 16.5. The van der Waals surface area contributed by atoms with E-state index in [1.807, 2.05) is 82.3 Å². The molecular weight excluding hydrogens is 440 g/mol. The quantitative estimate of drug-likeness (QED) is 0.410. The molecule has 0 radical (unpaired) electrons. The zero-order chi connectivity index (χ0) is 24.7. The zero-order valence-corrected chi connectivity index (χ0v) is 20.1. The number of nitrogens with zero attached hydrogens (tertiary/aromatic N) is 4. The smallest absolute Gasteiger partial charge is 0.320 e. The van der Waals surface area contributed by atoms with Gasteiger partial charge in [0.15, 0.2) is 0 Å². The highest BCUT2D eigenvalue weighted by Gasteiger charge is 2.46. The SMILES string of the molecule is Cc1ncc(-c2nn(-c3ccccc3)c(NC(=O)NC3c4ccccc4C(C)(C)[C@H]3O)c2C)cn1. The number of aryl methyl sites for hydroxylation is 1. The molecule has 3 N–H and O–H groups in total. The van der Waals surface area contributed by atoms with Crippen molar-refractivity contribution in [1.29, 1.82) is 0 Å². The monoisotopic (exact) mass is 468 g/mol. The number of amides is 2. The summed E-state index contributed by atoms with van der Waals surface area (Å²) in [5.74, 6) is 1.20. The summed E-state index contributed by atoms with van der Waals surface area (Å²) in [4.78, 5) is 21.8. The predicted octanol–water partition coefficient (Wildman–Crippen LogP) is 4.46. The summed E-state index contributed by atoms with van der Waals surface area (Å²) in [7, 11) is 0. The molecule has 2 heterocycles. The summed E-state index contributed by atoms with van der Waals surface area (Å²) < 4.78 is 1.70. The zero-order valence-electron chi connectivity index (χ0n) is 20.1. The van der Waals surface area contributed by atoms with Crippen molar-refractivity contribution in [3.05, 3.63) is 89.5 Å². The lowest BCUT2D eigenvalue weighted by molar-refractivity contribution is 0.0828. The number of hydrogen-bond donors (Lipinski definition) is 3. The van der Waals surface area contributed by atoms with Gasteiger partial charge in [0.25, 0.3) is 0 Å². The summed E-state index contributed by atoms with van der Waals surface area (Å²) in [6.45, 7) is 7.70. The van der Waals surface area contributed by atoms with Gasteiger partial charge in [0.05, 0.1) is 17.8 Å². The second kappa shape index (κ2) is 8.63. The van der Waals surface area contributed by atoms with Crippen LogP contribution in [-0.4, -0.2) is 37.0 Å². The van der Waals surface area contributed by atoms with E-state index < -0.39 is 23.6 Å². The molecule has 8 nitrogen and oxygen atoms in total. The van der Waals surface area contributed by atoms with Gasteiger partial charge in [-0.2, -0.15) is 5.10 Å². The van der Waals surface area contributed by atoms with Gasteiger partial charge in [-0.25, -0.2) is 19.4 Å². The molecule has 0 saturated carbocycles. The molecule has 2 atom stereocenters. The van der Waals surface area contributed by atoms with Crippen molar-refractivity contribution < 1.29 is 9.90 Å². The number of carbonyl (C=O) groups is 1. The number of hydrogen-bond acceptors (Lipinski definition) is 5. The first-order valence-electron chi connectivity index (χ1n) is 11.6. The van der Waals surface area contributed by atoms with Gasteiger partial charge in [0.2, 0.25) is 0 Å². The molecule has 35 heavy (non-hydrogen) atoms. The minimum Gasteiger partial charge on any atom is -0.390 e. The molecule has 1 aliphatic rings. The van der Waals surface area contributed by atoms with Gasteiger partial charge >= 0.3 is 6.03 Å². The number of nitrogens with one attached hydrogen (secondary N) is 2. The molecule has 0 fully saturated rings. The van der Waals surface area contributed by atoms with Crippen LogP contribution in [0, 0.1) is 13.8 Å². The molecule has 1 unspecified atom stereocenters. The molecular formula is C27H28N6O2. The van der Waals surface area contributed by atoms with E-state index in [4.69, 9.17) is 5.10 Å². The Bertz CT molecular complexity index is 1380. The Labute approximate surface area is 204 Å². The van der Waals surface area contributed by atoms with Crippen LogP contribution in [0.4, 0.5) is 10.6 Å². The minimum absolute atomic E-state index is 0.423. The van der Waals surface area contributed by atoms with Gasteiger partial charge in [-0.15, -0.1) is 0 Å². The molecule has 1 aliphatic carbocycles. The first-order valence-corrected chi connectivity index (χ1v) is 11.6. The number of anilines is 1. The lowest BCUT2D eigenvalue weighted by Crippen LogP contribution is -2.41. The Morgan fingerprint density at radius 1 is 1.00 bits per heavy atom. The van der Waals surface area contributed by atoms with Crippen LogP contribution >= 0.6 is 0 Å². The van der Waals surface area contributed by atoms with E-state index in [1.165, 1.54) is 0 Å². The Kier molecular flexibility index (Phi) is 5.61. The lowest BCUT2D eigenvalue weighted by Gasteiger charge is -2.27. The van der Waals surface area contributed by atoms with Gasteiger partial charge in [-0.3, -0.25) is 5.32 Å². The average molecular weight is 469 g/mol. The van der Waals surface area contributed by atoms with Crippen LogP contribution in [0.25, 0.3) is 16.9 Å². The van der Waals surface area contributed by atoms with Crippen molar-refractivity contribution in [2.75, 3.05) is 5.32 Å². The number of aromatic nitrogens is 4. The molecule has 0 bridgehead atoms. The van der Waals surface area contributed by atoms with Gasteiger partial charge < -0.3 is 10.4 Å². The van der Waals surface area contributed by atoms with E-state index in [1.54, 1.807) is 17.1 Å². The first-order chi connectivity index (χ1) is 16.8. The van der Waals surface area contributed by atoms with Crippen LogP contribution in [0.2, 0.25) is 0 Å². The molecule has 5 rings (SSSR count). The fraction of sp³-hybridized carbons (Fsp3) is 0.259. The maximum absolute atomic E-state index is 13.3. The second-order valence-electron chi connectivity index (χ2n) is 9.42. The van der Waals surface area contributed by atoms with Crippen molar-refractivity contribution in [3.8, 4) is 16.9 Å². The normalized spacial score (nSPS) is 18.2. The standard InChI is InChI=1S/C27H28N6O2/c1-16-22(18-14-28-17(2)29-15-18)32-33(19-10-6-5-7-11-19)25(16)31-26(35)30-23-20-12-8-9-13-21(20)27(3,4)24(23)34/h5-15,23-24,34H,1-4H3,(H2,30,31,35)/t23?,24-/m0/s1. The van der Waals surface area contributed by atoms with Crippen molar-refractivity contribution >= 4 is 11.8 Å². The molecule has 2 aromatic heterocycles. The van der Waals surface area contributed by atoms with Crippen molar-refractivity contribution in [2.24, 2.45) is 0 Å². The molecule has 178 valence electrons. The van der Waals surface area contributed by atoms with E-state index in [0.29, 0.717) is 17.3 Å². The van der Waals surface area contributed by atoms with Gasteiger partial charge in [-0.1, -0.05) is 56.3 Å². The highest BCUT2D eigenvalue weighted by Crippen LogP contribution is 2.44. The van der Waals surface area contributed by atoms with Crippen molar-refractivity contribution in [2.45, 2.75) is 45.3 Å². The molecule has 2 amide bonds. The number of benzene rings is 2. The molecule has 0 aliphatic heterocycles. The molecule has 4 aromatic rings. The maximum Gasteiger partial charge on any atom is 0.320 e. The van der Waals surface area contributed by atoms with Crippen molar-refractivity contribution in [3.63, 3.8) is 0 Å². The Morgan fingerprint density at radius 2 is 1.66 bits per heavy atom. The van der Waals surface area contributed by atoms with Crippen molar-refractivity contribution in [1.82, 2.24) is 25.1 Å². The van der Waals surface area contributed by atoms with Crippen LogP contribution in [-0.2, 0) is 5.41 Å². The number of rotatable bonds is 4. The predicted molar refractivity (Wildman–Crippen MR) is 134 cm³/mol. The van der Waals surface area contributed by atoms with Crippen LogP contribution < -0.4 is 10.6 Å². The molecule has 8 heteroatoms. The number of carbonyl (C=O) groups excluding carboxylic acids is 1. The third kappa shape index (κ3) is 3.95. The minimum atomic E-state index is -0.758. The van der Waals surface area contributed by atoms with Crippen LogP contribution in [0.1, 0.15) is 42.4 Å². The second-order valence-corrected chi connectivity index (χ2v) is 9.42. The summed E-state index contributed by atoms with van der Waals surface area (Å²) in [5.41, 5.74) is 4.50. The maximum atomic E-state index is 13.3. The average Bonchev–Trinajstić information content (AvgIpc) is 3.27. The number of aliphatic hydroxyl groups is 1. The van der Waals surface area contributed by atoms with E-state index in [9.17, 15) is 9.90 Å². The van der Waals surface area contributed by atoms with Gasteiger partial charge in [-0.05, 0) is 37.1 Å². The molecule has 2 aromatic carbocycles. The fourth-order valence-corrected chi connectivity index (χ4v) is 4.73. The summed E-state index contributed by atoms with van der Waals surface area (Å²) in [5, 5.41) is 21.8. The number of aliphatic hydroxyl groups excluding tert-OH is 1. The number of fused-ring (bicyclic) bond motifs is 1. The molecule has 0 saturated heterocycles. The van der Waals surface area contributed by atoms with E-state index in [-0.39, 0.29) is 0 Å². The van der Waals surface area contributed by atoms with Gasteiger partial charge in [0.1, 0.15) is 17.3 Å². The van der Waals surface area contributed by atoms with E-state index in [2.05, 4.69) is 20.6 Å². The van der Waals surface area contributed by atoms with Crippen LogP contribution in [0.5, 0.6) is 0 Å². The number of urea groups is 1. The van der Waals surface area contributed by atoms with E-state index >= 15 is 0 Å². The fourth-order valence-electron chi connectivity index (χ4n) is 4.73. The van der Waals surface area contributed by atoms with Gasteiger partial charge in [0, 0.05) is 28.9 Å². The Balaban J connectivity index is 1.49. The summed E-state index contributed by atoms with van der Waals surface area (Å²) in [6.07, 6.45) is 2.70. The summed E-state index contributed by atoms with van der Waals surface area (Å²) >= 11 is 0. The number of para-hydroxylation sites is 1. The van der Waals surface area contributed by atoms with E-state index in [0.717, 1.165) is 27.9 Å². The third-order valence-corrected chi connectivity index (χ3v) is 6.74. The Morgan fingerprint density at radius 3 is 2.37 bits per heavy atom. The Hall–Kier alpha value is -4.04. The lowest BCUT2D eigenvalue weighted by atomic mass is 9.84. The highest BCUT2D eigenvalue weighted by molar-refractivity contribution is 5.91. The molecule has 0 spiro atoms. The highest BCUT2D eigenvalue weighted by atomic mass is 16.3. The topological polar surface area (TPSA) is 105 Å². The van der Waals surface area contributed by atoms with Crippen LogP contribution in [0.3, 0.4) is 0 Å². The van der Waals surface area contributed by atoms with Crippen LogP contribution in [0.15, 0.2) is 67.0 Å². The first kappa shape index (κ1) is 22.7. The third-order valence-electron chi connectivity index (χ3n) is 6.74.